The Hall–Kier alpha value is -0.530. The minimum atomic E-state index is 0.393. The molecule has 0 radical (unpaired) electrons. The molecule has 0 aromatic carbocycles. The summed E-state index contributed by atoms with van der Waals surface area (Å²) < 4.78 is 0. The summed E-state index contributed by atoms with van der Waals surface area (Å²) in [7, 11) is 0. The molecule has 0 aromatic heterocycles. The van der Waals surface area contributed by atoms with Crippen LogP contribution in [0.4, 0.5) is 0 Å². The number of hydrogen-bond acceptors (Lipinski definition) is 1. The molecule has 0 unspecified atom stereocenters. The van der Waals surface area contributed by atoms with Crippen molar-refractivity contribution in [2.24, 2.45) is 22.1 Å². The fourth-order valence-corrected chi connectivity index (χ4v) is 1.87. The molecule has 1 fully saturated rings. The zero-order chi connectivity index (χ0) is 10.8. The highest BCUT2D eigenvalue weighted by atomic mass is 14.9. The van der Waals surface area contributed by atoms with Crippen LogP contribution in [0.3, 0.4) is 0 Å². The number of aliphatic imine (C=N–C) groups is 1. The van der Waals surface area contributed by atoms with Crippen molar-refractivity contribution in [2.45, 2.75) is 59.4 Å². The maximum absolute atomic E-state index is 5.86. The lowest BCUT2D eigenvalue weighted by atomic mass is 9.76. The first-order chi connectivity index (χ1) is 6.41. The van der Waals surface area contributed by atoms with Gasteiger partial charge >= 0.3 is 0 Å². The van der Waals surface area contributed by atoms with Gasteiger partial charge in [0.25, 0.3) is 0 Å². The molecule has 0 heterocycles. The third-order valence-corrected chi connectivity index (χ3v) is 3.23. The highest BCUT2D eigenvalue weighted by Crippen LogP contribution is 2.36. The monoisotopic (exact) mass is 196 g/mol. The quantitative estimate of drug-likeness (QED) is 0.535. The van der Waals surface area contributed by atoms with E-state index in [0.29, 0.717) is 17.4 Å². The summed E-state index contributed by atoms with van der Waals surface area (Å²) in [5, 5.41) is 0. The largest absolute Gasteiger partial charge is 0.387 e. The summed E-state index contributed by atoms with van der Waals surface area (Å²) in [5.74, 6) is 1.22. The van der Waals surface area contributed by atoms with Crippen LogP contribution >= 0.6 is 0 Å². The topological polar surface area (TPSA) is 38.4 Å². The summed E-state index contributed by atoms with van der Waals surface area (Å²) in [5.41, 5.74) is 6.39. The van der Waals surface area contributed by atoms with Gasteiger partial charge in [-0.25, -0.2) is 0 Å². The zero-order valence-electron chi connectivity index (χ0n) is 10.0. The van der Waals surface area contributed by atoms with Crippen LogP contribution in [0, 0.1) is 11.3 Å². The van der Waals surface area contributed by atoms with E-state index in [1.807, 2.05) is 0 Å². The van der Waals surface area contributed by atoms with Crippen molar-refractivity contribution in [1.82, 2.24) is 0 Å². The van der Waals surface area contributed by atoms with Gasteiger partial charge in [0.1, 0.15) is 0 Å². The highest BCUT2D eigenvalue weighted by Gasteiger charge is 2.26. The van der Waals surface area contributed by atoms with Gasteiger partial charge in [-0.1, -0.05) is 27.7 Å². The lowest BCUT2D eigenvalue weighted by molar-refractivity contribution is 0.226. The Balaban J connectivity index is 2.47. The Morgan fingerprint density at radius 2 is 1.79 bits per heavy atom. The predicted molar refractivity (Wildman–Crippen MR) is 62.5 cm³/mol. The molecule has 1 aliphatic carbocycles. The second-order valence-electron chi connectivity index (χ2n) is 5.60. The normalized spacial score (nSPS) is 24.2. The summed E-state index contributed by atoms with van der Waals surface area (Å²) >= 11 is 0. The zero-order valence-corrected chi connectivity index (χ0v) is 10.0. The lowest BCUT2D eigenvalue weighted by Crippen LogP contribution is -2.27. The van der Waals surface area contributed by atoms with Crippen molar-refractivity contribution < 1.29 is 0 Å². The molecule has 2 heteroatoms. The maximum atomic E-state index is 5.86. The molecule has 2 nitrogen and oxygen atoms in total. The van der Waals surface area contributed by atoms with E-state index < -0.39 is 0 Å². The van der Waals surface area contributed by atoms with Crippen LogP contribution in [-0.4, -0.2) is 11.9 Å². The molecule has 1 saturated carbocycles. The molecular formula is C12H24N2. The van der Waals surface area contributed by atoms with Crippen molar-refractivity contribution in [3.05, 3.63) is 0 Å². The average Bonchev–Trinajstić information content (AvgIpc) is 2.08. The minimum absolute atomic E-state index is 0.393. The molecule has 0 amide bonds. The Morgan fingerprint density at radius 3 is 2.21 bits per heavy atom. The van der Waals surface area contributed by atoms with Gasteiger partial charge in [0.05, 0.1) is 11.9 Å². The van der Waals surface area contributed by atoms with E-state index in [-0.39, 0.29) is 0 Å². The summed E-state index contributed by atoms with van der Waals surface area (Å²) in [6, 6.07) is 0.491. The van der Waals surface area contributed by atoms with Crippen LogP contribution in [0.15, 0.2) is 4.99 Å². The molecule has 1 rings (SSSR count). The van der Waals surface area contributed by atoms with E-state index in [9.17, 15) is 0 Å². The molecule has 1 aliphatic rings. The smallest absolute Gasteiger partial charge is 0.0966 e. The lowest BCUT2D eigenvalue weighted by Gasteiger charge is -2.32. The third kappa shape index (κ3) is 3.32. The standard InChI is InChI=1S/C12H24N2/c1-9(2)11(13)14-10-5-7-12(3,4)8-6-10/h9-10H,5-8H2,1-4H3,(H2,13,14). The Kier molecular flexibility index (Phi) is 3.57. The molecule has 0 aliphatic heterocycles. The number of nitrogens with zero attached hydrogens (tertiary/aromatic N) is 1. The van der Waals surface area contributed by atoms with Crippen molar-refractivity contribution in [3.8, 4) is 0 Å². The highest BCUT2D eigenvalue weighted by molar-refractivity contribution is 5.82. The first-order valence-electron chi connectivity index (χ1n) is 5.74. The van der Waals surface area contributed by atoms with E-state index in [2.05, 4.69) is 32.7 Å². The molecule has 0 spiro atoms. The maximum Gasteiger partial charge on any atom is 0.0966 e. The van der Waals surface area contributed by atoms with Crippen molar-refractivity contribution >= 4 is 5.84 Å². The van der Waals surface area contributed by atoms with Crippen LogP contribution in [-0.2, 0) is 0 Å². The van der Waals surface area contributed by atoms with E-state index in [4.69, 9.17) is 5.73 Å². The molecule has 0 saturated heterocycles. The van der Waals surface area contributed by atoms with Crippen molar-refractivity contribution in [3.63, 3.8) is 0 Å². The van der Waals surface area contributed by atoms with Crippen molar-refractivity contribution in [1.29, 1.82) is 0 Å². The third-order valence-electron chi connectivity index (χ3n) is 3.23. The van der Waals surface area contributed by atoms with Crippen LogP contribution in [0.25, 0.3) is 0 Å². The minimum Gasteiger partial charge on any atom is -0.387 e. The van der Waals surface area contributed by atoms with Crippen LogP contribution in [0.1, 0.15) is 53.4 Å². The van der Waals surface area contributed by atoms with Gasteiger partial charge < -0.3 is 5.73 Å². The molecule has 14 heavy (non-hydrogen) atoms. The SMILES string of the molecule is CC(C)C(N)=NC1CCC(C)(C)CC1. The number of amidine groups is 1. The van der Waals surface area contributed by atoms with E-state index in [0.717, 1.165) is 5.84 Å². The summed E-state index contributed by atoms with van der Waals surface area (Å²) in [4.78, 5) is 4.60. The van der Waals surface area contributed by atoms with Gasteiger partial charge in [-0.3, -0.25) is 4.99 Å². The fraction of sp³-hybridized carbons (Fsp3) is 0.917. The number of hydrogen-bond donors (Lipinski definition) is 1. The molecule has 82 valence electrons. The number of rotatable bonds is 2. The van der Waals surface area contributed by atoms with Crippen LogP contribution in [0.2, 0.25) is 0 Å². The summed E-state index contributed by atoms with van der Waals surface area (Å²) in [6.07, 6.45) is 4.99. The van der Waals surface area contributed by atoms with Gasteiger partial charge in [-0.15, -0.1) is 0 Å². The Morgan fingerprint density at radius 1 is 1.29 bits per heavy atom. The van der Waals surface area contributed by atoms with Crippen molar-refractivity contribution in [2.75, 3.05) is 0 Å². The van der Waals surface area contributed by atoms with Gasteiger partial charge in [0.2, 0.25) is 0 Å². The van der Waals surface area contributed by atoms with Gasteiger partial charge in [-0.05, 0) is 31.1 Å². The predicted octanol–water partition coefficient (Wildman–Crippen LogP) is 2.97. The molecule has 0 aromatic rings. The van der Waals surface area contributed by atoms with Crippen LogP contribution < -0.4 is 5.73 Å². The summed E-state index contributed by atoms with van der Waals surface area (Å²) in [6.45, 7) is 8.90. The average molecular weight is 196 g/mol. The molecule has 0 bridgehead atoms. The molecular weight excluding hydrogens is 172 g/mol. The van der Waals surface area contributed by atoms with Gasteiger partial charge in [0.15, 0.2) is 0 Å². The van der Waals surface area contributed by atoms with Gasteiger partial charge in [0, 0.05) is 5.92 Å². The first-order valence-corrected chi connectivity index (χ1v) is 5.74. The van der Waals surface area contributed by atoms with E-state index >= 15 is 0 Å². The first kappa shape index (κ1) is 11.5. The molecule has 0 atom stereocenters. The fourth-order valence-electron chi connectivity index (χ4n) is 1.87. The Bertz CT molecular complexity index is 206. The van der Waals surface area contributed by atoms with E-state index in [1.165, 1.54) is 25.7 Å². The second-order valence-corrected chi connectivity index (χ2v) is 5.60. The van der Waals surface area contributed by atoms with Gasteiger partial charge in [-0.2, -0.15) is 0 Å². The molecule has 2 N–H and O–H groups in total. The van der Waals surface area contributed by atoms with Crippen LogP contribution in [0.5, 0.6) is 0 Å². The second kappa shape index (κ2) is 4.33. The Labute approximate surface area is 88.0 Å². The number of nitrogens with two attached hydrogens (primary N) is 1. The van der Waals surface area contributed by atoms with E-state index in [1.54, 1.807) is 0 Å².